The lowest BCUT2D eigenvalue weighted by molar-refractivity contribution is -0.170. The molecule has 0 aliphatic carbocycles. The van der Waals surface area contributed by atoms with Crippen molar-refractivity contribution in [1.82, 2.24) is 0 Å². The van der Waals surface area contributed by atoms with E-state index in [0.717, 1.165) is 0 Å². The van der Waals surface area contributed by atoms with Crippen LogP contribution in [-0.2, 0) is 28.8 Å². The van der Waals surface area contributed by atoms with Gasteiger partial charge >= 0.3 is 35.8 Å². The molecule has 0 aliphatic heterocycles. The molecule has 31 heavy (non-hydrogen) atoms. The molecule has 0 bridgehead atoms. The quantitative estimate of drug-likeness (QED) is 0.137. The molecular weight excluding hydrogens is 436 g/mol. The van der Waals surface area contributed by atoms with Crippen LogP contribution in [0.1, 0.15) is 32.1 Å². The number of aliphatic carboxylic acids is 6. The fourth-order valence-electron chi connectivity index (χ4n) is 1.50. The van der Waals surface area contributed by atoms with Crippen molar-refractivity contribution in [3.63, 3.8) is 0 Å². The van der Waals surface area contributed by atoms with Crippen LogP contribution in [0.3, 0.4) is 0 Å². The first kappa shape index (κ1) is 32.3. The van der Waals surface area contributed by atoms with Crippen molar-refractivity contribution < 1.29 is 79.8 Å². The Morgan fingerprint density at radius 2 is 0.677 bits per heavy atom. The van der Waals surface area contributed by atoms with E-state index in [1.165, 1.54) is 0 Å². The van der Waals surface area contributed by atoms with Crippen LogP contribution < -0.4 is 0 Å². The highest BCUT2D eigenvalue weighted by atomic mass is 16.4. The molecule has 10 N–H and O–H groups in total. The van der Waals surface area contributed by atoms with E-state index in [2.05, 4.69) is 0 Å². The van der Waals surface area contributed by atoms with Gasteiger partial charge < -0.3 is 51.1 Å². The van der Waals surface area contributed by atoms with Gasteiger partial charge in [-0.25, -0.2) is 9.59 Å². The first-order valence-electron chi connectivity index (χ1n) is 7.97. The fraction of sp³-hybridized carbons (Fsp3) is 0.600. The van der Waals surface area contributed by atoms with Gasteiger partial charge in [-0.2, -0.15) is 0 Å². The SMILES string of the molecule is O=C(O)CC(O)(CC(=O)O)C(=O)O.O=C(O)CC(O)(CC(=O)O)C(=O)O.OCCCO. The van der Waals surface area contributed by atoms with Crippen LogP contribution in [0.25, 0.3) is 0 Å². The number of aliphatic hydroxyl groups is 4. The summed E-state index contributed by atoms with van der Waals surface area (Å²) in [7, 11) is 0. The predicted octanol–water partition coefficient (Wildman–Crippen LogP) is -3.14. The van der Waals surface area contributed by atoms with E-state index < -0.39 is 72.7 Å². The van der Waals surface area contributed by atoms with Crippen molar-refractivity contribution in [3.8, 4) is 0 Å². The summed E-state index contributed by atoms with van der Waals surface area (Å²) in [6.07, 6.45) is -4.08. The Kier molecular flexibility index (Phi) is 16.2. The molecule has 0 saturated heterocycles. The third-order valence-electron chi connectivity index (χ3n) is 2.89. The first-order valence-corrected chi connectivity index (χ1v) is 7.97. The summed E-state index contributed by atoms with van der Waals surface area (Å²) in [5, 5.41) is 83.4. The second-order valence-electron chi connectivity index (χ2n) is 5.76. The Morgan fingerprint density at radius 3 is 0.742 bits per heavy atom. The smallest absolute Gasteiger partial charge is 0.336 e. The zero-order valence-corrected chi connectivity index (χ0v) is 15.9. The average molecular weight is 460 g/mol. The number of hydrogen-bond donors (Lipinski definition) is 10. The number of carboxylic acids is 6. The molecule has 0 heterocycles. The normalized spacial score (nSPS) is 10.5. The summed E-state index contributed by atoms with van der Waals surface area (Å²) >= 11 is 0. The van der Waals surface area contributed by atoms with Gasteiger partial charge in [-0.15, -0.1) is 0 Å². The van der Waals surface area contributed by atoms with E-state index in [0.29, 0.717) is 6.42 Å². The third-order valence-corrected chi connectivity index (χ3v) is 2.89. The molecule has 16 nitrogen and oxygen atoms in total. The molecule has 0 radical (unpaired) electrons. The van der Waals surface area contributed by atoms with E-state index in [1.54, 1.807) is 0 Å². The van der Waals surface area contributed by atoms with Crippen LogP contribution in [0.15, 0.2) is 0 Å². The minimum atomic E-state index is -2.74. The summed E-state index contributed by atoms with van der Waals surface area (Å²) in [6.45, 7) is 0.188. The molecule has 0 atom stereocenters. The van der Waals surface area contributed by atoms with Crippen molar-refractivity contribution in [2.45, 2.75) is 43.3 Å². The second kappa shape index (κ2) is 15.5. The van der Waals surface area contributed by atoms with Gasteiger partial charge in [0.1, 0.15) is 0 Å². The summed E-state index contributed by atoms with van der Waals surface area (Å²) in [6, 6.07) is 0. The largest absolute Gasteiger partial charge is 0.481 e. The molecule has 0 fully saturated rings. The van der Waals surface area contributed by atoms with Crippen LogP contribution in [0.5, 0.6) is 0 Å². The van der Waals surface area contributed by atoms with Crippen molar-refractivity contribution in [2.24, 2.45) is 0 Å². The van der Waals surface area contributed by atoms with E-state index >= 15 is 0 Å². The van der Waals surface area contributed by atoms with Gasteiger partial charge in [0, 0.05) is 13.2 Å². The fourth-order valence-corrected chi connectivity index (χ4v) is 1.50. The maximum atomic E-state index is 10.3. The highest BCUT2D eigenvalue weighted by Crippen LogP contribution is 2.16. The lowest BCUT2D eigenvalue weighted by Gasteiger charge is -2.18. The van der Waals surface area contributed by atoms with Crippen LogP contribution in [-0.4, -0.2) is 111 Å². The van der Waals surface area contributed by atoms with Gasteiger partial charge in [-0.05, 0) is 6.42 Å². The minimum Gasteiger partial charge on any atom is -0.481 e. The molecule has 0 saturated carbocycles. The zero-order chi connectivity index (χ0) is 25.4. The lowest BCUT2D eigenvalue weighted by Crippen LogP contribution is -2.42. The van der Waals surface area contributed by atoms with Gasteiger partial charge in [-0.1, -0.05) is 0 Å². The van der Waals surface area contributed by atoms with E-state index in [4.69, 9.17) is 51.1 Å². The zero-order valence-electron chi connectivity index (χ0n) is 15.9. The van der Waals surface area contributed by atoms with Crippen molar-refractivity contribution in [3.05, 3.63) is 0 Å². The van der Waals surface area contributed by atoms with Crippen LogP contribution in [0.4, 0.5) is 0 Å². The topological polar surface area (TPSA) is 305 Å². The maximum absolute atomic E-state index is 10.3. The van der Waals surface area contributed by atoms with Crippen LogP contribution in [0.2, 0.25) is 0 Å². The van der Waals surface area contributed by atoms with Crippen molar-refractivity contribution in [1.29, 1.82) is 0 Å². The van der Waals surface area contributed by atoms with Crippen LogP contribution >= 0.6 is 0 Å². The summed E-state index contributed by atoms with van der Waals surface area (Å²) < 4.78 is 0. The summed E-state index contributed by atoms with van der Waals surface area (Å²) in [5.74, 6) is -10.0. The molecule has 16 heteroatoms. The molecule has 0 aliphatic rings. The number of aliphatic hydroxyl groups excluding tert-OH is 2. The number of hydrogen-bond acceptors (Lipinski definition) is 10. The van der Waals surface area contributed by atoms with Gasteiger partial charge in [0.2, 0.25) is 0 Å². The highest BCUT2D eigenvalue weighted by molar-refractivity contribution is 5.88. The molecule has 0 spiro atoms. The number of carbonyl (C=O) groups is 6. The van der Waals surface area contributed by atoms with E-state index in [1.807, 2.05) is 0 Å². The van der Waals surface area contributed by atoms with Gasteiger partial charge in [-0.3, -0.25) is 19.2 Å². The van der Waals surface area contributed by atoms with Crippen LogP contribution in [0, 0.1) is 0 Å². The monoisotopic (exact) mass is 460 g/mol. The van der Waals surface area contributed by atoms with Gasteiger partial charge in [0.25, 0.3) is 0 Å². The Hall–Kier alpha value is -3.34. The van der Waals surface area contributed by atoms with Gasteiger partial charge in [0.15, 0.2) is 11.2 Å². The lowest BCUT2D eigenvalue weighted by atomic mass is 9.96. The summed E-state index contributed by atoms with van der Waals surface area (Å²) in [5.41, 5.74) is -5.48. The Balaban J connectivity index is -0.000000416. The molecule has 0 unspecified atom stereocenters. The van der Waals surface area contributed by atoms with Gasteiger partial charge in [0.05, 0.1) is 25.7 Å². The number of rotatable bonds is 12. The van der Waals surface area contributed by atoms with E-state index in [-0.39, 0.29) is 13.2 Å². The molecule has 180 valence electrons. The van der Waals surface area contributed by atoms with Crippen molar-refractivity contribution in [2.75, 3.05) is 13.2 Å². The molecule has 0 amide bonds. The second-order valence-corrected chi connectivity index (χ2v) is 5.76. The Bertz CT molecular complexity index is 553. The average Bonchev–Trinajstić information content (AvgIpc) is 2.53. The minimum absolute atomic E-state index is 0.0938. The third kappa shape index (κ3) is 17.2. The van der Waals surface area contributed by atoms with Crippen molar-refractivity contribution >= 4 is 35.8 Å². The molecule has 0 aromatic rings. The highest BCUT2D eigenvalue weighted by Gasteiger charge is 2.41. The van der Waals surface area contributed by atoms with E-state index in [9.17, 15) is 28.8 Å². The standard InChI is InChI=1S/2C6H8O7.C3H8O2/c2*7-3(8)1-6(13,5(11)12)2-4(9)10;4-2-1-3-5/h2*13H,1-2H2,(H,7,8)(H,9,10)(H,11,12);4-5H,1-3H2. The molecule has 0 rings (SSSR count). The Labute approximate surface area is 173 Å². The molecule has 0 aromatic carbocycles. The number of carboxylic acid groups (broad SMARTS) is 6. The Morgan fingerprint density at radius 1 is 0.484 bits per heavy atom. The molecular formula is C15H24O16. The summed E-state index contributed by atoms with van der Waals surface area (Å²) in [4.78, 5) is 61.0. The first-order chi connectivity index (χ1) is 14.0. The molecule has 0 aromatic heterocycles. The maximum Gasteiger partial charge on any atom is 0.336 e. The predicted molar refractivity (Wildman–Crippen MR) is 93.0 cm³/mol.